The Morgan fingerprint density at radius 3 is 2.42 bits per heavy atom. The van der Waals surface area contributed by atoms with Crippen LogP contribution in [0.15, 0.2) is 48.0 Å². The number of anilines is 1. The van der Waals surface area contributed by atoms with Crippen molar-refractivity contribution in [3.63, 3.8) is 0 Å². The number of hydrogen-bond acceptors (Lipinski definition) is 7. The Hall–Kier alpha value is -2.59. The predicted molar refractivity (Wildman–Crippen MR) is 150 cm³/mol. The molecule has 2 N–H and O–H groups in total. The molecule has 7 nitrogen and oxygen atoms in total. The van der Waals surface area contributed by atoms with E-state index in [2.05, 4.69) is 59.8 Å². The minimum atomic E-state index is -2.02. The molecule has 36 heavy (non-hydrogen) atoms. The predicted octanol–water partition coefficient (Wildman–Crippen LogP) is 6.20. The molecule has 1 atom stereocenters. The molecular formula is C27H38N4O3SSi. The first kappa shape index (κ1) is 28.0. The molecule has 0 bridgehead atoms. The third-order valence-corrected chi connectivity index (χ3v) is 11.6. The molecule has 0 spiro atoms. The van der Waals surface area contributed by atoms with Gasteiger partial charge in [-0.25, -0.2) is 9.97 Å². The summed E-state index contributed by atoms with van der Waals surface area (Å²) in [5.74, 6) is 1.23. The molecule has 2 aromatic heterocycles. The van der Waals surface area contributed by atoms with Gasteiger partial charge in [0.2, 0.25) is 5.91 Å². The van der Waals surface area contributed by atoms with Crippen LogP contribution in [0.3, 0.4) is 0 Å². The van der Waals surface area contributed by atoms with E-state index < -0.39 is 8.32 Å². The van der Waals surface area contributed by atoms with Gasteiger partial charge in [-0.1, -0.05) is 26.8 Å². The summed E-state index contributed by atoms with van der Waals surface area (Å²) < 4.78 is 12.7. The van der Waals surface area contributed by atoms with Crippen LogP contribution >= 0.6 is 11.3 Å². The van der Waals surface area contributed by atoms with E-state index in [0.29, 0.717) is 25.5 Å². The standard InChI is InChI=1S/C27H38N4O3SSi/c1-19(32)30-26-13-10-22(16-29-26)25(34-36(6,7)27(3,4)5)17-28-14-15-33-23-11-8-21(9-12-23)24-18-35-20(2)31-24/h8-13,16,18,25,28H,14-15,17H2,1-7H3,(H,29,30,32)/t25-/m0/s1. The summed E-state index contributed by atoms with van der Waals surface area (Å²) in [5.41, 5.74) is 3.07. The molecule has 1 amide bonds. The van der Waals surface area contributed by atoms with Crippen molar-refractivity contribution in [3.8, 4) is 17.0 Å². The van der Waals surface area contributed by atoms with E-state index in [1.54, 1.807) is 17.5 Å². The topological polar surface area (TPSA) is 85.4 Å². The summed E-state index contributed by atoms with van der Waals surface area (Å²) in [6, 6.07) is 11.8. The van der Waals surface area contributed by atoms with Gasteiger partial charge >= 0.3 is 0 Å². The van der Waals surface area contributed by atoms with Crippen LogP contribution in [0.5, 0.6) is 5.75 Å². The Morgan fingerprint density at radius 2 is 1.86 bits per heavy atom. The summed E-state index contributed by atoms with van der Waals surface area (Å²) in [7, 11) is -2.02. The van der Waals surface area contributed by atoms with Crippen molar-refractivity contribution >= 4 is 31.4 Å². The fourth-order valence-corrected chi connectivity index (χ4v) is 5.21. The van der Waals surface area contributed by atoms with Gasteiger partial charge in [-0.3, -0.25) is 4.79 Å². The smallest absolute Gasteiger partial charge is 0.222 e. The number of nitrogens with one attached hydrogen (secondary N) is 2. The van der Waals surface area contributed by atoms with Crippen LogP contribution in [0.25, 0.3) is 11.3 Å². The first-order chi connectivity index (χ1) is 16.9. The zero-order chi connectivity index (χ0) is 26.3. The number of carbonyl (C=O) groups excluding carboxylic acids is 1. The lowest BCUT2D eigenvalue weighted by atomic mass is 10.1. The van der Waals surface area contributed by atoms with Gasteiger partial charge in [0.15, 0.2) is 8.32 Å². The van der Waals surface area contributed by atoms with Gasteiger partial charge in [0, 0.05) is 37.2 Å². The molecule has 194 valence electrons. The van der Waals surface area contributed by atoms with E-state index in [1.165, 1.54) is 6.92 Å². The lowest BCUT2D eigenvalue weighted by molar-refractivity contribution is -0.114. The summed E-state index contributed by atoms with van der Waals surface area (Å²) in [6.45, 7) is 16.5. The van der Waals surface area contributed by atoms with Gasteiger partial charge in [0.1, 0.15) is 18.2 Å². The van der Waals surface area contributed by atoms with Gasteiger partial charge in [-0.05, 0) is 61.0 Å². The van der Waals surface area contributed by atoms with Crippen LogP contribution in [0.1, 0.15) is 44.4 Å². The molecule has 0 aliphatic carbocycles. The highest BCUT2D eigenvalue weighted by Crippen LogP contribution is 2.39. The van der Waals surface area contributed by atoms with Crippen LogP contribution < -0.4 is 15.4 Å². The van der Waals surface area contributed by atoms with Crippen LogP contribution in [0.2, 0.25) is 18.1 Å². The molecule has 0 saturated heterocycles. The number of ether oxygens (including phenoxy) is 1. The molecule has 3 aromatic rings. The van der Waals surface area contributed by atoms with E-state index in [-0.39, 0.29) is 17.0 Å². The van der Waals surface area contributed by atoms with Gasteiger partial charge in [0.25, 0.3) is 0 Å². The van der Waals surface area contributed by atoms with Crippen molar-refractivity contribution in [3.05, 3.63) is 58.5 Å². The molecule has 0 aliphatic rings. The highest BCUT2D eigenvalue weighted by Gasteiger charge is 2.39. The fourth-order valence-electron chi connectivity index (χ4n) is 3.30. The molecule has 2 heterocycles. The van der Waals surface area contributed by atoms with Crippen molar-refractivity contribution in [2.24, 2.45) is 0 Å². The molecule has 1 aromatic carbocycles. The maximum atomic E-state index is 11.3. The molecule has 0 radical (unpaired) electrons. The lowest BCUT2D eigenvalue weighted by Gasteiger charge is -2.39. The number of aromatic nitrogens is 2. The first-order valence-electron chi connectivity index (χ1n) is 12.2. The fraction of sp³-hybridized carbons (Fsp3) is 0.444. The van der Waals surface area contributed by atoms with Crippen molar-refractivity contribution in [1.29, 1.82) is 0 Å². The second kappa shape index (κ2) is 12.1. The average molecular weight is 527 g/mol. The van der Waals surface area contributed by atoms with E-state index >= 15 is 0 Å². The summed E-state index contributed by atoms with van der Waals surface area (Å²) in [5, 5.41) is 9.41. The summed E-state index contributed by atoms with van der Waals surface area (Å²) >= 11 is 1.65. The zero-order valence-electron chi connectivity index (χ0n) is 22.3. The minimum Gasteiger partial charge on any atom is -0.492 e. The van der Waals surface area contributed by atoms with E-state index in [9.17, 15) is 4.79 Å². The summed E-state index contributed by atoms with van der Waals surface area (Å²) in [4.78, 5) is 20.2. The van der Waals surface area contributed by atoms with Crippen molar-refractivity contribution in [2.75, 3.05) is 25.0 Å². The molecule has 0 fully saturated rings. The zero-order valence-corrected chi connectivity index (χ0v) is 24.2. The maximum Gasteiger partial charge on any atom is 0.222 e. The quantitative estimate of drug-likeness (QED) is 0.228. The normalized spacial score (nSPS) is 12.9. The summed E-state index contributed by atoms with van der Waals surface area (Å²) in [6.07, 6.45) is 1.64. The third-order valence-electron chi connectivity index (χ3n) is 6.35. The first-order valence-corrected chi connectivity index (χ1v) is 16.0. The van der Waals surface area contributed by atoms with Crippen molar-refractivity contribution in [1.82, 2.24) is 15.3 Å². The number of amides is 1. The minimum absolute atomic E-state index is 0.0846. The van der Waals surface area contributed by atoms with Crippen LogP contribution in [0.4, 0.5) is 5.82 Å². The van der Waals surface area contributed by atoms with Crippen molar-refractivity contribution in [2.45, 2.75) is 58.9 Å². The number of aryl methyl sites for hydroxylation is 1. The monoisotopic (exact) mass is 526 g/mol. The molecule has 0 saturated carbocycles. The number of carbonyl (C=O) groups is 1. The van der Waals surface area contributed by atoms with Crippen LogP contribution in [-0.2, 0) is 9.22 Å². The Kier molecular flexibility index (Phi) is 9.40. The molecule has 0 aliphatic heterocycles. The number of rotatable bonds is 11. The average Bonchev–Trinajstić information content (AvgIpc) is 3.24. The van der Waals surface area contributed by atoms with Crippen LogP contribution in [0, 0.1) is 6.92 Å². The Morgan fingerprint density at radius 1 is 1.14 bits per heavy atom. The van der Waals surface area contributed by atoms with Gasteiger partial charge in [-0.15, -0.1) is 11.3 Å². The van der Waals surface area contributed by atoms with Crippen LogP contribution in [-0.4, -0.2) is 43.9 Å². The SMILES string of the molecule is CC(=O)Nc1ccc([C@H](CNCCOc2ccc(-c3csc(C)n3)cc2)O[Si](C)(C)C(C)(C)C)cn1. The van der Waals surface area contributed by atoms with Crippen molar-refractivity contribution < 1.29 is 14.0 Å². The molecule has 3 rings (SSSR count). The number of benzene rings is 1. The number of hydrogen-bond donors (Lipinski definition) is 2. The lowest BCUT2D eigenvalue weighted by Crippen LogP contribution is -2.43. The molecular weight excluding hydrogens is 488 g/mol. The van der Waals surface area contributed by atoms with Gasteiger partial charge in [0.05, 0.1) is 16.8 Å². The Balaban J connectivity index is 1.56. The van der Waals surface area contributed by atoms with E-state index in [1.807, 2.05) is 43.3 Å². The second-order valence-corrected chi connectivity index (χ2v) is 16.2. The number of nitrogens with zero attached hydrogens (tertiary/aromatic N) is 2. The third kappa shape index (κ3) is 7.96. The van der Waals surface area contributed by atoms with E-state index in [4.69, 9.17) is 9.16 Å². The largest absolute Gasteiger partial charge is 0.492 e. The highest BCUT2D eigenvalue weighted by molar-refractivity contribution is 7.09. The Bertz CT molecular complexity index is 1130. The number of pyridine rings is 1. The maximum absolute atomic E-state index is 11.3. The number of thiazole rings is 1. The van der Waals surface area contributed by atoms with Gasteiger partial charge < -0.3 is 19.8 Å². The highest BCUT2D eigenvalue weighted by atomic mass is 32.1. The second-order valence-electron chi connectivity index (χ2n) is 10.4. The molecule has 0 unspecified atom stereocenters. The Labute approximate surface area is 219 Å². The molecule has 9 heteroatoms. The van der Waals surface area contributed by atoms with Gasteiger partial charge in [-0.2, -0.15) is 0 Å². The van der Waals surface area contributed by atoms with E-state index in [0.717, 1.165) is 27.6 Å².